The van der Waals surface area contributed by atoms with Crippen molar-refractivity contribution in [1.82, 2.24) is 70.8 Å². The van der Waals surface area contributed by atoms with E-state index in [0.717, 1.165) is 46.6 Å². The Morgan fingerprint density at radius 1 is 0.481 bits per heavy atom. The minimum Gasteiger partial charge on any atom is -0.494 e. The van der Waals surface area contributed by atoms with Crippen molar-refractivity contribution >= 4 is 0 Å². The van der Waals surface area contributed by atoms with Crippen molar-refractivity contribution in [3.8, 4) is 57.1 Å². The summed E-state index contributed by atoms with van der Waals surface area (Å²) in [6.07, 6.45) is 1.63. The molecule has 0 aliphatic carbocycles. The fourth-order valence-corrected chi connectivity index (χ4v) is 5.32. The third kappa shape index (κ3) is 7.86. The van der Waals surface area contributed by atoms with Gasteiger partial charge in [-0.25, -0.2) is 9.97 Å². The molecule has 0 aliphatic heterocycles. The predicted molar refractivity (Wildman–Crippen MR) is 189 cm³/mol. The summed E-state index contributed by atoms with van der Waals surface area (Å²) in [4.78, 5) is 12.2. The molecule has 258 valence electrons. The molecule has 0 radical (unpaired) electrons. The van der Waals surface area contributed by atoms with Gasteiger partial charge in [0.1, 0.15) is 36.2 Å². The molecule has 16 heteroatoms. The van der Waals surface area contributed by atoms with Crippen LogP contribution in [0.25, 0.3) is 45.6 Å². The Balaban J connectivity index is 0.780. The van der Waals surface area contributed by atoms with Crippen molar-refractivity contribution in [2.75, 3.05) is 13.2 Å². The zero-order valence-corrected chi connectivity index (χ0v) is 27.8. The molecule has 0 amide bonds. The van der Waals surface area contributed by atoms with Gasteiger partial charge in [0, 0.05) is 22.3 Å². The number of rotatable bonds is 15. The summed E-state index contributed by atoms with van der Waals surface area (Å²) >= 11 is 0. The number of benzene rings is 4. The van der Waals surface area contributed by atoms with Crippen molar-refractivity contribution in [2.45, 2.75) is 25.9 Å². The zero-order chi connectivity index (χ0) is 35.0. The molecule has 8 rings (SSSR count). The van der Waals surface area contributed by atoms with Crippen molar-refractivity contribution in [1.29, 1.82) is 0 Å². The van der Waals surface area contributed by atoms with Crippen LogP contribution in [0.2, 0.25) is 0 Å². The van der Waals surface area contributed by atoms with Crippen LogP contribution < -0.4 is 9.47 Å². The number of nitrogens with one attached hydrogen (secondary N) is 2. The SMILES string of the molecule is c1ccc(-c2nnn(Cc3nc(-c4cccc(OCCCCOc5cccc(-c6n[nH]c(Cn7nnc(-c8ccccc8)n7)n6)c5)c4)n[nH]3)n2)cc1. The van der Waals surface area contributed by atoms with Gasteiger partial charge in [0.2, 0.25) is 11.6 Å². The minimum absolute atomic E-state index is 0.315. The van der Waals surface area contributed by atoms with E-state index in [4.69, 9.17) is 9.47 Å². The van der Waals surface area contributed by atoms with Crippen LogP contribution in [0.4, 0.5) is 0 Å². The number of aromatic nitrogens is 14. The second-order valence-electron chi connectivity index (χ2n) is 11.7. The van der Waals surface area contributed by atoms with Crippen LogP contribution in [0.3, 0.4) is 0 Å². The maximum absolute atomic E-state index is 6.03. The maximum atomic E-state index is 6.03. The van der Waals surface area contributed by atoms with Crippen molar-refractivity contribution in [3.63, 3.8) is 0 Å². The molecule has 0 aliphatic rings. The first-order chi connectivity index (χ1) is 25.7. The van der Waals surface area contributed by atoms with E-state index >= 15 is 0 Å². The van der Waals surface area contributed by atoms with Crippen molar-refractivity contribution in [2.24, 2.45) is 0 Å². The highest BCUT2D eigenvalue weighted by Crippen LogP contribution is 2.23. The lowest BCUT2D eigenvalue weighted by molar-refractivity contribution is 0.266. The van der Waals surface area contributed by atoms with Gasteiger partial charge in [-0.2, -0.15) is 19.8 Å². The van der Waals surface area contributed by atoms with E-state index in [1.807, 2.05) is 109 Å². The second-order valence-corrected chi connectivity index (χ2v) is 11.7. The summed E-state index contributed by atoms with van der Waals surface area (Å²) in [5, 5.41) is 40.1. The molecular weight excluding hydrogens is 660 g/mol. The first-order valence-corrected chi connectivity index (χ1v) is 16.7. The Morgan fingerprint density at radius 3 is 1.38 bits per heavy atom. The molecule has 4 aromatic carbocycles. The third-order valence-corrected chi connectivity index (χ3v) is 7.88. The molecule has 0 fully saturated rings. The summed E-state index contributed by atoms with van der Waals surface area (Å²) in [5.41, 5.74) is 3.48. The lowest BCUT2D eigenvalue weighted by atomic mass is 10.2. The molecule has 0 spiro atoms. The molecule has 52 heavy (non-hydrogen) atoms. The number of ether oxygens (including phenoxy) is 2. The Bertz CT molecular complexity index is 2180. The zero-order valence-electron chi connectivity index (χ0n) is 27.8. The fraction of sp³-hybridized carbons (Fsp3) is 0.167. The van der Waals surface area contributed by atoms with Crippen LogP contribution in [0.1, 0.15) is 24.5 Å². The van der Waals surface area contributed by atoms with E-state index in [2.05, 4.69) is 61.2 Å². The molecule has 0 bridgehead atoms. The standard InChI is InChI=1S/C36H32N14O2/c1-3-11-25(12-4-1)35-43-47-49(45-35)23-31-37-33(41-39-31)27-15-9-17-29(21-27)51-19-7-8-20-52-30-18-10-16-28(22-30)34-38-32(40-42-34)24-50-46-36(44-48-50)26-13-5-2-6-14-26/h1-6,9-18,21-22H,7-8,19-20,23-24H2,(H,37,39,41)(H,38,40,42). The molecule has 4 aromatic heterocycles. The highest BCUT2D eigenvalue weighted by Gasteiger charge is 2.13. The largest absolute Gasteiger partial charge is 0.494 e. The lowest BCUT2D eigenvalue weighted by Gasteiger charge is -2.09. The molecule has 8 aromatic rings. The van der Waals surface area contributed by atoms with Crippen molar-refractivity contribution < 1.29 is 9.47 Å². The number of tetrazole rings is 2. The van der Waals surface area contributed by atoms with Gasteiger partial charge < -0.3 is 9.47 Å². The lowest BCUT2D eigenvalue weighted by Crippen LogP contribution is -2.05. The van der Waals surface area contributed by atoms with Gasteiger partial charge in [-0.1, -0.05) is 84.9 Å². The van der Waals surface area contributed by atoms with Crippen LogP contribution in [-0.2, 0) is 13.1 Å². The Kier molecular flexibility index (Phi) is 9.39. The van der Waals surface area contributed by atoms with E-state index < -0.39 is 0 Å². The average molecular weight is 693 g/mol. The molecule has 0 saturated carbocycles. The van der Waals surface area contributed by atoms with E-state index in [1.165, 1.54) is 9.59 Å². The van der Waals surface area contributed by atoms with Gasteiger partial charge in [0.15, 0.2) is 11.6 Å². The van der Waals surface area contributed by atoms with Crippen LogP contribution in [-0.4, -0.2) is 84.0 Å². The topological polar surface area (TPSA) is 189 Å². The van der Waals surface area contributed by atoms with Crippen LogP contribution in [0.15, 0.2) is 109 Å². The Labute approximate surface area is 296 Å². The van der Waals surface area contributed by atoms with Crippen molar-refractivity contribution in [3.05, 3.63) is 121 Å². The van der Waals surface area contributed by atoms with E-state index in [1.54, 1.807) is 0 Å². The van der Waals surface area contributed by atoms with Gasteiger partial charge in [0.25, 0.3) is 0 Å². The molecule has 0 unspecified atom stereocenters. The van der Waals surface area contributed by atoms with E-state index in [0.29, 0.717) is 61.2 Å². The number of hydrogen-bond donors (Lipinski definition) is 2. The summed E-state index contributed by atoms with van der Waals surface area (Å²) in [7, 11) is 0. The maximum Gasteiger partial charge on any atom is 0.204 e. The monoisotopic (exact) mass is 692 g/mol. The second kappa shape index (κ2) is 15.2. The number of H-pyrrole nitrogens is 2. The van der Waals surface area contributed by atoms with Crippen LogP contribution in [0.5, 0.6) is 11.5 Å². The fourth-order valence-electron chi connectivity index (χ4n) is 5.32. The molecule has 0 atom stereocenters. The van der Waals surface area contributed by atoms with Gasteiger partial charge in [-0.3, -0.25) is 10.2 Å². The quantitative estimate of drug-likeness (QED) is 0.139. The van der Waals surface area contributed by atoms with Crippen LogP contribution in [0, 0.1) is 0 Å². The Morgan fingerprint density at radius 2 is 0.923 bits per heavy atom. The summed E-state index contributed by atoms with van der Waals surface area (Å²) in [6, 6.07) is 34.8. The van der Waals surface area contributed by atoms with Gasteiger partial charge in [-0.15, -0.1) is 20.4 Å². The molecule has 0 saturated heterocycles. The highest BCUT2D eigenvalue weighted by atomic mass is 16.5. The van der Waals surface area contributed by atoms with Crippen LogP contribution >= 0.6 is 0 Å². The first kappa shape index (κ1) is 32.1. The number of nitrogens with zero attached hydrogens (tertiary/aromatic N) is 12. The highest BCUT2D eigenvalue weighted by molar-refractivity contribution is 5.58. The number of hydrogen-bond acceptors (Lipinski definition) is 12. The minimum atomic E-state index is 0.315. The third-order valence-electron chi connectivity index (χ3n) is 7.88. The number of unbranched alkanes of at least 4 members (excludes halogenated alkanes) is 1. The first-order valence-electron chi connectivity index (χ1n) is 16.7. The smallest absolute Gasteiger partial charge is 0.204 e. The molecule has 16 nitrogen and oxygen atoms in total. The Hall–Kier alpha value is -7.10. The normalized spacial score (nSPS) is 11.2. The summed E-state index contributed by atoms with van der Waals surface area (Å²) < 4.78 is 12.1. The van der Waals surface area contributed by atoms with Gasteiger partial charge in [-0.05, 0) is 47.5 Å². The molecule has 2 N–H and O–H groups in total. The predicted octanol–water partition coefficient (Wildman–Crippen LogP) is 4.90. The van der Waals surface area contributed by atoms with E-state index in [9.17, 15) is 0 Å². The number of aromatic amines is 2. The molecular formula is C36H32N14O2. The van der Waals surface area contributed by atoms with Gasteiger partial charge in [0.05, 0.1) is 13.2 Å². The molecule has 4 heterocycles. The summed E-state index contributed by atoms with van der Waals surface area (Å²) in [5.74, 6) is 4.95. The van der Waals surface area contributed by atoms with E-state index in [-0.39, 0.29) is 0 Å². The average Bonchev–Trinajstić information content (AvgIpc) is 4.03. The summed E-state index contributed by atoms with van der Waals surface area (Å²) in [6.45, 7) is 1.72. The van der Waals surface area contributed by atoms with Gasteiger partial charge >= 0.3 is 0 Å².